The molecule has 0 bridgehead atoms. The molecule has 0 radical (unpaired) electrons. The second-order valence-electron chi connectivity index (χ2n) is 1.11. The molecule has 0 aliphatic carbocycles. The molecule has 0 amide bonds. The van der Waals surface area contributed by atoms with Gasteiger partial charge in [0.2, 0.25) is 0 Å². The molecule has 0 unspecified atom stereocenters. The lowest BCUT2D eigenvalue weighted by atomic mass is 11.3. The highest BCUT2D eigenvalue weighted by Gasteiger charge is 1.83. The Bertz CT molecular complexity index is 70.4. The summed E-state index contributed by atoms with van der Waals surface area (Å²) in [5.41, 5.74) is 0. The standard InChI is InChI=1S/C6H10S3/c1-3-7-5-9-6-8-4-2/h3-4H,1-2,5-6H2. The predicted molar refractivity (Wildman–Crippen MR) is 52.9 cm³/mol. The largest absolute Gasteiger partial charge is 0.139 e. The Balaban J connectivity index is 2.74. The van der Waals surface area contributed by atoms with Crippen molar-refractivity contribution in [2.45, 2.75) is 0 Å². The smallest absolute Gasteiger partial charge is 0.0441 e. The van der Waals surface area contributed by atoms with Crippen molar-refractivity contribution < 1.29 is 0 Å². The van der Waals surface area contributed by atoms with Crippen LogP contribution >= 0.6 is 35.3 Å². The fourth-order valence-corrected chi connectivity index (χ4v) is 2.65. The highest BCUT2D eigenvalue weighted by atomic mass is 32.2. The zero-order valence-corrected chi connectivity index (χ0v) is 7.66. The molecule has 9 heavy (non-hydrogen) atoms. The maximum Gasteiger partial charge on any atom is 0.0441 e. The summed E-state index contributed by atoms with van der Waals surface area (Å²) < 4.78 is 0. The van der Waals surface area contributed by atoms with E-state index in [9.17, 15) is 0 Å². The van der Waals surface area contributed by atoms with E-state index in [2.05, 4.69) is 13.2 Å². The minimum absolute atomic E-state index is 1.10. The van der Waals surface area contributed by atoms with Crippen molar-refractivity contribution in [2.75, 3.05) is 10.2 Å². The molecule has 0 saturated carbocycles. The first-order valence-corrected chi connectivity index (χ1v) is 5.69. The molecule has 0 saturated heterocycles. The molecule has 0 atom stereocenters. The third kappa shape index (κ3) is 8.53. The molecule has 52 valence electrons. The van der Waals surface area contributed by atoms with E-state index in [1.165, 1.54) is 0 Å². The fraction of sp³-hybridized carbons (Fsp3) is 0.333. The summed E-state index contributed by atoms with van der Waals surface area (Å²) in [6.07, 6.45) is 0. The van der Waals surface area contributed by atoms with Crippen LogP contribution in [0.1, 0.15) is 0 Å². The average molecular weight is 178 g/mol. The third-order valence-corrected chi connectivity index (χ3v) is 3.43. The lowest BCUT2D eigenvalue weighted by Crippen LogP contribution is -1.67. The van der Waals surface area contributed by atoms with E-state index in [-0.39, 0.29) is 0 Å². The zero-order chi connectivity index (χ0) is 6.95. The Morgan fingerprint density at radius 1 is 1.00 bits per heavy atom. The van der Waals surface area contributed by atoms with Gasteiger partial charge in [-0.05, 0) is 10.8 Å². The second kappa shape index (κ2) is 8.53. The Morgan fingerprint density at radius 3 is 1.78 bits per heavy atom. The number of thioether (sulfide) groups is 3. The van der Waals surface area contributed by atoms with Crippen molar-refractivity contribution in [1.82, 2.24) is 0 Å². The Hall–Kier alpha value is 0.530. The minimum atomic E-state index is 1.10. The molecule has 0 N–H and O–H groups in total. The van der Waals surface area contributed by atoms with Crippen molar-refractivity contribution in [1.29, 1.82) is 0 Å². The quantitative estimate of drug-likeness (QED) is 0.452. The van der Waals surface area contributed by atoms with Crippen LogP contribution in [0.4, 0.5) is 0 Å². The predicted octanol–water partition coefficient (Wildman–Crippen LogP) is 3.39. The summed E-state index contributed by atoms with van der Waals surface area (Å²) in [5.74, 6) is 0. The minimum Gasteiger partial charge on any atom is -0.139 e. The maximum atomic E-state index is 3.60. The molecular formula is C6H10S3. The van der Waals surface area contributed by atoms with Gasteiger partial charge in [0.1, 0.15) is 0 Å². The van der Waals surface area contributed by atoms with E-state index >= 15 is 0 Å². The summed E-state index contributed by atoms with van der Waals surface area (Å²) >= 11 is 5.36. The lowest BCUT2D eigenvalue weighted by Gasteiger charge is -1.92. The third-order valence-electron chi connectivity index (χ3n) is 0.538. The van der Waals surface area contributed by atoms with Gasteiger partial charge in [-0.3, -0.25) is 0 Å². The first kappa shape index (κ1) is 9.53. The first-order chi connectivity index (χ1) is 4.41. The lowest BCUT2D eigenvalue weighted by molar-refractivity contribution is 2.16. The molecule has 0 aliphatic rings. The van der Waals surface area contributed by atoms with Crippen molar-refractivity contribution >= 4 is 35.3 Å². The zero-order valence-electron chi connectivity index (χ0n) is 5.21. The highest BCUT2D eigenvalue weighted by molar-refractivity contribution is 8.23. The van der Waals surface area contributed by atoms with E-state index in [4.69, 9.17) is 0 Å². The summed E-state index contributed by atoms with van der Waals surface area (Å²) in [4.78, 5) is 0. The fourth-order valence-electron chi connectivity index (χ4n) is 0.226. The van der Waals surface area contributed by atoms with Gasteiger partial charge in [0, 0.05) is 10.2 Å². The van der Waals surface area contributed by atoms with Gasteiger partial charge in [0.25, 0.3) is 0 Å². The molecule has 0 rings (SSSR count). The van der Waals surface area contributed by atoms with Gasteiger partial charge in [0.15, 0.2) is 0 Å². The molecule has 0 aliphatic heterocycles. The second-order valence-corrected chi connectivity index (χ2v) is 4.73. The van der Waals surface area contributed by atoms with Gasteiger partial charge >= 0.3 is 0 Å². The van der Waals surface area contributed by atoms with Gasteiger partial charge in [-0.25, -0.2) is 0 Å². The molecule has 0 nitrogen and oxygen atoms in total. The van der Waals surface area contributed by atoms with Crippen LogP contribution in [-0.4, -0.2) is 10.2 Å². The van der Waals surface area contributed by atoms with Gasteiger partial charge in [-0.15, -0.1) is 35.3 Å². The molecule has 3 heteroatoms. The topological polar surface area (TPSA) is 0 Å². The van der Waals surface area contributed by atoms with Crippen LogP contribution in [0.25, 0.3) is 0 Å². The Labute approximate surface area is 69.6 Å². The number of hydrogen-bond acceptors (Lipinski definition) is 3. The molecule has 0 spiro atoms. The SMILES string of the molecule is C=CSCSCSC=C. The van der Waals surface area contributed by atoms with E-state index in [1.807, 2.05) is 22.6 Å². The van der Waals surface area contributed by atoms with Crippen molar-refractivity contribution in [3.05, 3.63) is 24.0 Å². The van der Waals surface area contributed by atoms with Crippen LogP contribution in [0.3, 0.4) is 0 Å². The van der Waals surface area contributed by atoms with Crippen molar-refractivity contribution in [3.8, 4) is 0 Å². The summed E-state index contributed by atoms with van der Waals surface area (Å²) in [7, 11) is 0. The molecule has 0 aromatic carbocycles. The first-order valence-electron chi connectivity index (χ1n) is 2.44. The van der Waals surface area contributed by atoms with Gasteiger partial charge < -0.3 is 0 Å². The summed E-state index contributed by atoms with van der Waals surface area (Å²) in [6, 6.07) is 0. The highest BCUT2D eigenvalue weighted by Crippen LogP contribution is 2.17. The molecular weight excluding hydrogens is 168 g/mol. The van der Waals surface area contributed by atoms with Crippen LogP contribution in [0.15, 0.2) is 24.0 Å². The molecule has 0 aromatic heterocycles. The number of hydrogen-bond donors (Lipinski definition) is 0. The van der Waals surface area contributed by atoms with Crippen LogP contribution in [0, 0.1) is 0 Å². The van der Waals surface area contributed by atoms with Gasteiger partial charge in [-0.1, -0.05) is 13.2 Å². The molecule has 0 heterocycles. The Kier molecular flexibility index (Phi) is 9.03. The van der Waals surface area contributed by atoms with Crippen LogP contribution in [-0.2, 0) is 0 Å². The van der Waals surface area contributed by atoms with Crippen LogP contribution in [0.5, 0.6) is 0 Å². The average Bonchev–Trinajstić information content (AvgIpc) is 1.89. The number of rotatable bonds is 6. The summed E-state index contributed by atoms with van der Waals surface area (Å²) in [5, 5.41) is 5.94. The molecule has 0 fully saturated rings. The van der Waals surface area contributed by atoms with Gasteiger partial charge in [0.05, 0.1) is 0 Å². The van der Waals surface area contributed by atoms with E-state index in [0.29, 0.717) is 0 Å². The maximum absolute atomic E-state index is 3.60. The van der Waals surface area contributed by atoms with E-state index < -0.39 is 0 Å². The van der Waals surface area contributed by atoms with Crippen molar-refractivity contribution in [2.24, 2.45) is 0 Å². The van der Waals surface area contributed by atoms with E-state index in [1.54, 1.807) is 23.5 Å². The van der Waals surface area contributed by atoms with Crippen LogP contribution in [0.2, 0.25) is 0 Å². The normalized spacial score (nSPS) is 8.89. The van der Waals surface area contributed by atoms with E-state index in [0.717, 1.165) is 10.2 Å². The summed E-state index contributed by atoms with van der Waals surface area (Å²) in [6.45, 7) is 7.20. The Morgan fingerprint density at radius 2 is 1.44 bits per heavy atom. The molecule has 0 aromatic rings. The van der Waals surface area contributed by atoms with Gasteiger partial charge in [-0.2, -0.15) is 0 Å². The monoisotopic (exact) mass is 178 g/mol. The van der Waals surface area contributed by atoms with Crippen LogP contribution < -0.4 is 0 Å². The van der Waals surface area contributed by atoms with Crippen molar-refractivity contribution in [3.63, 3.8) is 0 Å².